The molecule has 1 aliphatic rings. The van der Waals surface area contributed by atoms with E-state index in [2.05, 4.69) is 10.6 Å². The molecule has 1 aliphatic heterocycles. The van der Waals surface area contributed by atoms with Crippen LogP contribution in [0.2, 0.25) is 0 Å². The summed E-state index contributed by atoms with van der Waals surface area (Å²) in [5, 5.41) is 6.15. The molecule has 1 aromatic carbocycles. The Bertz CT molecular complexity index is 879. The molecule has 1 aromatic heterocycles. The smallest absolute Gasteiger partial charge is 0.263 e. The van der Waals surface area contributed by atoms with Crippen LogP contribution in [0.5, 0.6) is 11.5 Å². The van der Waals surface area contributed by atoms with Gasteiger partial charge < -0.3 is 24.7 Å². The lowest BCUT2D eigenvalue weighted by Gasteiger charge is -2.25. The highest BCUT2D eigenvalue weighted by Gasteiger charge is 2.21. The quantitative estimate of drug-likeness (QED) is 0.795. The van der Waals surface area contributed by atoms with E-state index in [1.165, 1.54) is 0 Å². The van der Waals surface area contributed by atoms with Crippen LogP contribution in [-0.4, -0.2) is 37.8 Å². The molecular formula is C21H27N3O4. The van der Waals surface area contributed by atoms with Crippen molar-refractivity contribution in [2.75, 3.05) is 27.3 Å². The zero-order valence-corrected chi connectivity index (χ0v) is 16.6. The summed E-state index contributed by atoms with van der Waals surface area (Å²) < 4.78 is 12.2. The van der Waals surface area contributed by atoms with E-state index in [9.17, 15) is 9.59 Å². The van der Waals surface area contributed by atoms with Gasteiger partial charge in [-0.25, -0.2) is 0 Å². The first-order valence-corrected chi connectivity index (χ1v) is 9.46. The van der Waals surface area contributed by atoms with Crippen molar-refractivity contribution in [3.63, 3.8) is 0 Å². The second kappa shape index (κ2) is 8.93. The molecule has 1 fully saturated rings. The highest BCUT2D eigenvalue weighted by atomic mass is 16.5. The Morgan fingerprint density at radius 1 is 1.18 bits per heavy atom. The molecule has 0 atom stereocenters. The van der Waals surface area contributed by atoms with Crippen molar-refractivity contribution >= 4 is 5.91 Å². The number of hydrogen-bond acceptors (Lipinski definition) is 5. The minimum Gasteiger partial charge on any atom is -0.497 e. The number of benzene rings is 1. The summed E-state index contributed by atoms with van der Waals surface area (Å²) in [4.78, 5) is 25.8. The summed E-state index contributed by atoms with van der Waals surface area (Å²) in [7, 11) is 3.15. The van der Waals surface area contributed by atoms with Gasteiger partial charge in [0.2, 0.25) is 0 Å². The fraction of sp³-hybridized carbons (Fsp3) is 0.429. The van der Waals surface area contributed by atoms with Gasteiger partial charge in [0.05, 0.1) is 14.2 Å². The molecule has 1 amide bonds. The molecule has 0 radical (unpaired) electrons. The Balaban J connectivity index is 1.80. The van der Waals surface area contributed by atoms with Gasteiger partial charge in [-0.3, -0.25) is 9.59 Å². The molecule has 2 N–H and O–H groups in total. The highest BCUT2D eigenvalue weighted by molar-refractivity contribution is 5.95. The number of hydrogen-bond donors (Lipinski definition) is 2. The first-order chi connectivity index (χ1) is 13.5. The van der Waals surface area contributed by atoms with E-state index >= 15 is 0 Å². The number of rotatable bonds is 6. The Morgan fingerprint density at radius 3 is 2.43 bits per heavy atom. The molecule has 0 spiro atoms. The third-order valence-electron chi connectivity index (χ3n) is 5.12. The van der Waals surface area contributed by atoms with Crippen molar-refractivity contribution in [3.05, 3.63) is 57.5 Å². The lowest BCUT2D eigenvalue weighted by atomic mass is 10.0. The van der Waals surface area contributed by atoms with E-state index in [0.29, 0.717) is 17.1 Å². The standard InChI is InChI=1S/C21H27N3O4/c1-14-6-9-24(16-4-7-22-8-5-16)21(26)19(14)20(25)23-13-15-10-17(27-2)12-18(11-15)28-3/h6,9-12,16,22H,4-5,7-8,13H2,1-3H3,(H,23,25). The van der Waals surface area contributed by atoms with Crippen LogP contribution < -0.4 is 25.7 Å². The van der Waals surface area contributed by atoms with Crippen LogP contribution in [0, 0.1) is 6.92 Å². The molecule has 1 saturated heterocycles. The van der Waals surface area contributed by atoms with Crippen molar-refractivity contribution < 1.29 is 14.3 Å². The van der Waals surface area contributed by atoms with Crippen LogP contribution in [0.15, 0.2) is 35.3 Å². The topological polar surface area (TPSA) is 81.6 Å². The molecule has 7 nitrogen and oxygen atoms in total. The van der Waals surface area contributed by atoms with Crippen LogP contribution in [-0.2, 0) is 6.54 Å². The number of ether oxygens (including phenoxy) is 2. The van der Waals surface area contributed by atoms with Gasteiger partial charge in [-0.1, -0.05) is 0 Å². The lowest BCUT2D eigenvalue weighted by Crippen LogP contribution is -2.38. The number of aryl methyl sites for hydroxylation is 1. The maximum absolute atomic E-state index is 13.0. The molecule has 0 bridgehead atoms. The average Bonchev–Trinajstić information content (AvgIpc) is 2.72. The van der Waals surface area contributed by atoms with Crippen molar-refractivity contribution in [2.24, 2.45) is 0 Å². The third kappa shape index (κ3) is 4.36. The van der Waals surface area contributed by atoms with Crippen LogP contribution in [0.3, 0.4) is 0 Å². The summed E-state index contributed by atoms with van der Waals surface area (Å²) >= 11 is 0. The van der Waals surface area contributed by atoms with Crippen molar-refractivity contribution in [2.45, 2.75) is 32.4 Å². The van der Waals surface area contributed by atoms with Crippen molar-refractivity contribution in [1.82, 2.24) is 15.2 Å². The second-order valence-corrected chi connectivity index (χ2v) is 6.97. The van der Waals surface area contributed by atoms with E-state index in [1.54, 1.807) is 38.0 Å². The number of carbonyl (C=O) groups is 1. The third-order valence-corrected chi connectivity index (χ3v) is 5.12. The summed E-state index contributed by atoms with van der Waals surface area (Å²) in [6.07, 6.45) is 3.57. The van der Waals surface area contributed by atoms with E-state index < -0.39 is 0 Å². The van der Waals surface area contributed by atoms with Crippen molar-refractivity contribution in [3.8, 4) is 11.5 Å². The largest absolute Gasteiger partial charge is 0.497 e. The zero-order valence-electron chi connectivity index (χ0n) is 16.6. The van der Waals surface area contributed by atoms with Crippen molar-refractivity contribution in [1.29, 1.82) is 0 Å². The van der Waals surface area contributed by atoms with E-state index in [1.807, 2.05) is 18.2 Å². The van der Waals surface area contributed by atoms with Gasteiger partial charge >= 0.3 is 0 Å². The molecule has 2 aromatic rings. The molecule has 0 unspecified atom stereocenters. The number of methoxy groups -OCH3 is 2. The highest BCUT2D eigenvalue weighted by Crippen LogP contribution is 2.22. The Labute approximate surface area is 164 Å². The predicted octanol–water partition coefficient (Wildman–Crippen LogP) is 2.03. The molecule has 28 heavy (non-hydrogen) atoms. The molecular weight excluding hydrogens is 358 g/mol. The molecule has 2 heterocycles. The van der Waals surface area contributed by atoms with Gasteiger partial charge in [-0.15, -0.1) is 0 Å². The normalized spacial score (nSPS) is 14.5. The number of pyridine rings is 1. The summed E-state index contributed by atoms with van der Waals surface area (Å²) in [5.74, 6) is 0.924. The Morgan fingerprint density at radius 2 is 1.82 bits per heavy atom. The van der Waals surface area contributed by atoms with Gasteiger partial charge in [0.1, 0.15) is 17.1 Å². The number of aromatic nitrogens is 1. The predicted molar refractivity (Wildman–Crippen MR) is 107 cm³/mol. The molecule has 0 saturated carbocycles. The monoisotopic (exact) mass is 385 g/mol. The van der Waals surface area contributed by atoms with E-state index in [-0.39, 0.29) is 29.6 Å². The van der Waals surface area contributed by atoms with Gasteiger partial charge in [-0.2, -0.15) is 0 Å². The number of amides is 1. The Hall–Kier alpha value is -2.80. The van der Waals surface area contributed by atoms with Gasteiger partial charge in [-0.05, 0) is 62.2 Å². The maximum atomic E-state index is 13.0. The van der Waals surface area contributed by atoms with Crippen LogP contribution in [0.4, 0.5) is 0 Å². The van der Waals surface area contributed by atoms with Crippen LogP contribution in [0.25, 0.3) is 0 Å². The van der Waals surface area contributed by atoms with Gasteiger partial charge in [0.15, 0.2) is 0 Å². The first kappa shape index (κ1) is 19.9. The average molecular weight is 385 g/mol. The van der Waals surface area contributed by atoms with Crippen LogP contribution >= 0.6 is 0 Å². The SMILES string of the molecule is COc1cc(CNC(=O)c2c(C)ccn(C3CCNCC3)c2=O)cc(OC)c1. The lowest BCUT2D eigenvalue weighted by molar-refractivity contribution is 0.0947. The van der Waals surface area contributed by atoms with Gasteiger partial charge in [0.25, 0.3) is 11.5 Å². The molecule has 3 rings (SSSR count). The number of carbonyl (C=O) groups excluding carboxylic acids is 1. The number of nitrogens with one attached hydrogen (secondary N) is 2. The van der Waals surface area contributed by atoms with Crippen LogP contribution in [0.1, 0.15) is 40.4 Å². The fourth-order valence-corrected chi connectivity index (χ4v) is 3.53. The minimum atomic E-state index is -0.368. The zero-order chi connectivity index (χ0) is 20.1. The summed E-state index contributed by atoms with van der Waals surface area (Å²) in [6.45, 7) is 3.82. The number of piperidine rings is 1. The molecule has 7 heteroatoms. The van der Waals surface area contributed by atoms with Gasteiger partial charge in [0, 0.05) is 24.8 Å². The fourth-order valence-electron chi connectivity index (χ4n) is 3.53. The molecule has 0 aliphatic carbocycles. The maximum Gasteiger partial charge on any atom is 0.263 e. The first-order valence-electron chi connectivity index (χ1n) is 9.46. The Kier molecular flexibility index (Phi) is 6.36. The summed E-state index contributed by atoms with van der Waals surface area (Å²) in [6, 6.07) is 7.39. The van der Waals surface area contributed by atoms with E-state index in [0.717, 1.165) is 31.5 Å². The minimum absolute atomic E-state index is 0.128. The molecule has 150 valence electrons. The number of nitrogens with zero attached hydrogens (tertiary/aromatic N) is 1. The van der Waals surface area contributed by atoms with E-state index in [4.69, 9.17) is 9.47 Å². The second-order valence-electron chi connectivity index (χ2n) is 6.97. The summed E-state index contributed by atoms with van der Waals surface area (Å²) in [5.41, 5.74) is 1.48.